The summed E-state index contributed by atoms with van der Waals surface area (Å²) in [5.41, 5.74) is 2.36. The molecule has 0 spiro atoms. The normalized spacial score (nSPS) is 15.8. The van der Waals surface area contributed by atoms with E-state index in [1.165, 1.54) is 75.2 Å². The second-order valence-corrected chi connectivity index (χ2v) is 10.9. The van der Waals surface area contributed by atoms with Crippen molar-refractivity contribution in [3.05, 3.63) is 47.8 Å². The maximum atomic E-state index is 11.7. The van der Waals surface area contributed by atoms with Crippen molar-refractivity contribution in [1.82, 2.24) is 28.7 Å². The van der Waals surface area contributed by atoms with Crippen molar-refractivity contribution >= 4 is 98.3 Å². The number of carbonyl (C=O) groups is 1. The van der Waals surface area contributed by atoms with E-state index in [0.717, 1.165) is 88.0 Å². The van der Waals surface area contributed by atoms with Crippen LogP contribution in [0.2, 0.25) is 0 Å². The number of carbonyl (C=O) groups excluding carboxylic acids is 1. The van der Waals surface area contributed by atoms with Crippen LogP contribution in [0, 0.1) is 0 Å². The molecule has 0 saturated carbocycles. The molecule has 3 saturated heterocycles. The molecule has 50 heavy (non-hydrogen) atoms. The number of methoxy groups -OCH3 is 3. The summed E-state index contributed by atoms with van der Waals surface area (Å²) in [6.45, 7) is 4.89. The number of nitrogens with zero attached hydrogens (tertiary/aromatic N) is 6. The van der Waals surface area contributed by atoms with Gasteiger partial charge in [-0.05, 0) is 38.5 Å². The third-order valence-corrected chi connectivity index (χ3v) is 8.03. The second-order valence-electron chi connectivity index (χ2n) is 10.9. The van der Waals surface area contributed by atoms with Gasteiger partial charge in [-0.1, -0.05) is 0 Å². The van der Waals surface area contributed by atoms with E-state index in [1.54, 1.807) is 25.7 Å². The third kappa shape index (κ3) is 12.3. The molecular formula is C31H45BCaCl2N6NaO8. The van der Waals surface area contributed by atoms with E-state index >= 15 is 0 Å². The number of ether oxygens (including phenoxy) is 6. The van der Waals surface area contributed by atoms with Crippen molar-refractivity contribution in [2.75, 3.05) is 61.0 Å². The van der Waals surface area contributed by atoms with Gasteiger partial charge in [0.1, 0.15) is 22.7 Å². The van der Waals surface area contributed by atoms with E-state index in [4.69, 9.17) is 28.4 Å². The molecule has 7 rings (SSSR count). The summed E-state index contributed by atoms with van der Waals surface area (Å²) in [6, 6.07) is 0. The molecule has 4 aromatic heterocycles. The Kier molecular flexibility index (Phi) is 23.7. The average Bonchev–Trinajstić information content (AvgIpc) is 3.95. The van der Waals surface area contributed by atoms with Gasteiger partial charge in [0, 0.05) is 72.3 Å². The molecule has 3 radical (unpaired) electrons. The van der Waals surface area contributed by atoms with Crippen LogP contribution < -0.4 is 9.47 Å². The fourth-order valence-corrected chi connectivity index (χ4v) is 5.63. The molecular weight excluding hydrogens is 729 g/mol. The molecule has 0 aliphatic carbocycles. The number of esters is 1. The molecule has 3 aliphatic rings. The van der Waals surface area contributed by atoms with Crippen LogP contribution in [-0.4, -0.2) is 157 Å². The molecule has 19 heteroatoms. The van der Waals surface area contributed by atoms with E-state index in [1.807, 2.05) is 15.0 Å². The van der Waals surface area contributed by atoms with Crippen molar-refractivity contribution in [3.8, 4) is 11.8 Å². The van der Waals surface area contributed by atoms with Crippen LogP contribution in [0.15, 0.2) is 24.8 Å². The summed E-state index contributed by atoms with van der Waals surface area (Å²) < 4.78 is 34.8. The average molecular weight is 775 g/mol. The Hall–Kier alpha value is -0.945. The summed E-state index contributed by atoms with van der Waals surface area (Å²) in [6.07, 6.45) is 13.3. The van der Waals surface area contributed by atoms with E-state index in [2.05, 4.69) is 19.9 Å². The van der Waals surface area contributed by atoms with Crippen molar-refractivity contribution in [2.24, 2.45) is 0 Å². The molecule has 0 bridgehead atoms. The number of aliphatic hydroxyl groups excluding tert-OH is 1. The Labute approximate surface area is 341 Å². The molecule has 3 aliphatic heterocycles. The monoisotopic (exact) mass is 773 g/mol. The van der Waals surface area contributed by atoms with Gasteiger partial charge < -0.3 is 35.0 Å². The van der Waals surface area contributed by atoms with E-state index in [-0.39, 0.29) is 47.0 Å². The van der Waals surface area contributed by atoms with Crippen LogP contribution in [0.4, 0.5) is 0 Å². The minimum atomic E-state index is -0.498. The Bertz CT molecular complexity index is 1570. The first-order valence-electron chi connectivity index (χ1n) is 16.0. The summed E-state index contributed by atoms with van der Waals surface area (Å²) >= 11 is 2.94. The Morgan fingerprint density at radius 3 is 1.66 bits per heavy atom. The van der Waals surface area contributed by atoms with Crippen molar-refractivity contribution < 1.29 is 39.7 Å². The number of aromatic nitrogens is 6. The number of rotatable bonds is 6. The maximum absolute atomic E-state index is 11.7. The number of imidazole rings is 2. The third-order valence-electron chi connectivity index (χ3n) is 8.03. The fourth-order valence-electron chi connectivity index (χ4n) is 5.63. The first kappa shape index (κ1) is 47.1. The molecule has 14 nitrogen and oxygen atoms in total. The van der Waals surface area contributed by atoms with Crippen molar-refractivity contribution in [2.45, 2.75) is 57.0 Å². The van der Waals surface area contributed by atoms with Gasteiger partial charge in [0.05, 0.1) is 46.0 Å². The van der Waals surface area contributed by atoms with Crippen LogP contribution in [0.25, 0.3) is 11.0 Å². The molecule has 4 aromatic rings. The first-order valence-corrected chi connectivity index (χ1v) is 24.1. The number of hydrogen-bond donors (Lipinski definition) is 1. The van der Waals surface area contributed by atoms with Crippen LogP contribution in [0.3, 0.4) is 0 Å². The SMILES string of the molecule is C1CCOC1.COC(=O)c1cn2c(C3CCOCC3)ncc2c(OC)n1.COc1nc(CO)cn2c(C3CCOCC3)ncc12.Cl.Cl.[B].[H-].[Na][Ca+]. The van der Waals surface area contributed by atoms with Crippen LogP contribution in [0.5, 0.6) is 11.8 Å². The van der Waals surface area contributed by atoms with Crippen molar-refractivity contribution in [3.63, 3.8) is 0 Å². The van der Waals surface area contributed by atoms with Gasteiger partial charge >= 0.3 is 54.1 Å². The van der Waals surface area contributed by atoms with Gasteiger partial charge in [0.15, 0.2) is 5.69 Å². The van der Waals surface area contributed by atoms with Gasteiger partial charge in [-0.25, -0.2) is 24.7 Å². The molecule has 3 fully saturated rings. The van der Waals surface area contributed by atoms with Gasteiger partial charge in [-0.2, -0.15) is 0 Å². The predicted octanol–water partition coefficient (Wildman–Crippen LogP) is 3.15. The molecule has 7 heterocycles. The van der Waals surface area contributed by atoms with Gasteiger partial charge in [0.25, 0.3) is 0 Å². The summed E-state index contributed by atoms with van der Waals surface area (Å²) in [5.74, 6) is 2.95. The predicted molar refractivity (Wildman–Crippen MR) is 195 cm³/mol. The summed E-state index contributed by atoms with van der Waals surface area (Å²) in [7, 11) is 4.42. The number of hydrogen-bond acceptors (Lipinski definition) is 12. The quantitative estimate of drug-likeness (QED) is 0.226. The Balaban J connectivity index is 0.000000776. The molecule has 0 atom stereocenters. The summed E-state index contributed by atoms with van der Waals surface area (Å²) in [5, 5.41) is 9.28. The van der Waals surface area contributed by atoms with E-state index in [0.29, 0.717) is 29.3 Å². The number of fused-ring (bicyclic) bond motifs is 2. The molecule has 0 unspecified atom stereocenters. The number of aliphatic hydroxyl groups is 1. The fraction of sp³-hybridized carbons (Fsp3) is 0.581. The van der Waals surface area contributed by atoms with Gasteiger partial charge in [-0.15, -0.1) is 24.8 Å². The minimum absolute atomic E-state index is 0. The number of halogens is 2. The van der Waals surface area contributed by atoms with Crippen LogP contribution in [0.1, 0.15) is 79.6 Å². The molecule has 267 valence electrons. The van der Waals surface area contributed by atoms with Crippen LogP contribution in [-0.2, 0) is 25.6 Å². The van der Waals surface area contributed by atoms with E-state index in [9.17, 15) is 9.90 Å². The molecule has 1 N–H and O–H groups in total. The van der Waals surface area contributed by atoms with E-state index < -0.39 is 5.97 Å². The topological polar surface area (TPSA) is 153 Å². The second kappa shape index (κ2) is 25.1. The Morgan fingerprint density at radius 1 is 0.820 bits per heavy atom. The zero-order chi connectivity index (χ0) is 33.6. The standard InChI is InChI=1S/C14H17N3O4.C13H17N3O3.C4H8O.B.Ca.2ClH.Na.H/c1-19-13-11-7-15-12(9-3-5-21-6-4-9)17(11)8-10(16-13)14(18)20-2;1-18-13-11-6-14-12(9-2-4-19-5-3-9)16(11)7-10(8-17)15-13;1-2-4-5-3-1;;;;;;/h7-9H,3-6H2,1-2H3;6-7,9,17H,2-5,8H2,1H3;1-4H2;;;2*1H;;/q;;;;+1;;;;-1. The first-order chi connectivity index (χ1) is 23.1. The van der Waals surface area contributed by atoms with Crippen LogP contribution >= 0.6 is 24.8 Å². The molecule has 0 aromatic carbocycles. The van der Waals surface area contributed by atoms with Gasteiger partial charge in [-0.3, -0.25) is 8.80 Å². The zero-order valence-corrected chi connectivity index (χ0v) is 35.1. The molecule has 0 amide bonds. The van der Waals surface area contributed by atoms with Gasteiger partial charge in [0.2, 0.25) is 11.8 Å². The Morgan fingerprint density at radius 2 is 1.26 bits per heavy atom. The zero-order valence-electron chi connectivity index (χ0n) is 30.2. The summed E-state index contributed by atoms with van der Waals surface area (Å²) in [4.78, 5) is 29.1. The van der Waals surface area contributed by atoms with Crippen molar-refractivity contribution in [1.29, 1.82) is 0 Å².